The van der Waals surface area contributed by atoms with Crippen LogP contribution in [0.5, 0.6) is 0 Å². The van der Waals surface area contributed by atoms with E-state index in [1.165, 1.54) is 58.8 Å². The number of carbonyl (C=O) groups excluding carboxylic acids is 2. The standard InChI is InChI=1S/C21H42.2C2H4O2.Sn/c1-6-11-15-20(16-12-7-2)21(17-10-5,18-13-8-3)19-14-9-4;2*1-2(3)4;/h5-19H2,1-4H3;2*1H3,(H,3,4);/q;;;+2/p-2. The topological polar surface area (TPSA) is 52.6 Å². The van der Waals surface area contributed by atoms with Crippen LogP contribution in [0.4, 0.5) is 0 Å². The molecule has 4 nitrogen and oxygen atoms in total. The van der Waals surface area contributed by atoms with Gasteiger partial charge in [0.2, 0.25) is 0 Å². The first-order valence-corrected chi connectivity index (χ1v) is 18.5. The van der Waals surface area contributed by atoms with Crippen molar-refractivity contribution in [1.29, 1.82) is 0 Å². The van der Waals surface area contributed by atoms with Crippen LogP contribution in [-0.4, -0.2) is 31.1 Å². The van der Waals surface area contributed by atoms with Crippen LogP contribution in [0.2, 0.25) is 7.87 Å². The summed E-state index contributed by atoms with van der Waals surface area (Å²) in [6, 6.07) is 0. The number of carbonyl (C=O) groups is 2. The first kappa shape index (κ1) is 27.8. The van der Waals surface area contributed by atoms with Crippen molar-refractivity contribution in [3.05, 3.63) is 0 Å². The van der Waals surface area contributed by atoms with Crippen molar-refractivity contribution < 1.29 is 15.7 Å². The van der Waals surface area contributed by atoms with E-state index in [1.807, 2.05) is 0 Å². The average molecular weight is 531 g/mol. The van der Waals surface area contributed by atoms with Gasteiger partial charge in [-0.1, -0.05) is 0 Å². The maximum absolute atomic E-state index is 12.4. The van der Waals surface area contributed by atoms with Gasteiger partial charge in [-0.15, -0.1) is 0 Å². The molecule has 0 spiro atoms. The molecule has 1 aliphatic heterocycles. The average Bonchev–Trinajstić information content (AvgIpc) is 2.68. The van der Waals surface area contributed by atoms with Crippen molar-refractivity contribution in [3.63, 3.8) is 0 Å². The summed E-state index contributed by atoms with van der Waals surface area (Å²) in [7, 11) is 0. The molecule has 5 heteroatoms. The zero-order chi connectivity index (χ0) is 22.7. The molecule has 0 atom stereocenters. The Morgan fingerprint density at radius 1 is 0.733 bits per heavy atom. The molecule has 176 valence electrons. The van der Waals surface area contributed by atoms with E-state index in [0.717, 1.165) is 49.4 Å². The molecule has 0 N–H and O–H groups in total. The molecular weight excluding hydrogens is 483 g/mol. The van der Waals surface area contributed by atoms with Crippen LogP contribution in [0.25, 0.3) is 0 Å². The fourth-order valence-corrected chi connectivity index (χ4v) is 20.4. The number of hydrogen-bond acceptors (Lipinski definition) is 4. The Hall–Kier alpha value is -0.261. The van der Waals surface area contributed by atoms with E-state index in [-0.39, 0.29) is 20.8 Å². The fraction of sp³-hybridized carbons (Fsp3) is 0.920. The molecule has 0 radical (unpaired) electrons. The summed E-state index contributed by atoms with van der Waals surface area (Å²) >= 11 is -4.10. The van der Waals surface area contributed by atoms with Crippen molar-refractivity contribution in [1.82, 2.24) is 0 Å². The molecule has 0 aromatic heterocycles. The van der Waals surface area contributed by atoms with Crippen LogP contribution in [-0.2, 0) is 15.7 Å². The van der Waals surface area contributed by atoms with Crippen molar-refractivity contribution in [2.75, 3.05) is 0 Å². The van der Waals surface area contributed by atoms with Crippen molar-refractivity contribution in [2.24, 2.45) is 5.41 Å². The zero-order valence-electron chi connectivity index (χ0n) is 20.7. The normalized spacial score (nSPS) is 19.3. The molecule has 0 bridgehead atoms. The van der Waals surface area contributed by atoms with Crippen molar-refractivity contribution in [2.45, 2.75) is 139 Å². The van der Waals surface area contributed by atoms with Crippen LogP contribution in [0.3, 0.4) is 0 Å². The zero-order valence-corrected chi connectivity index (χ0v) is 23.6. The molecule has 1 saturated heterocycles. The fourth-order valence-electron chi connectivity index (χ4n) is 6.20. The van der Waals surface area contributed by atoms with E-state index < -0.39 is 19.2 Å². The molecule has 0 unspecified atom stereocenters. The maximum atomic E-state index is 12.4. The second kappa shape index (κ2) is 13.3. The third kappa shape index (κ3) is 6.38. The molecule has 0 aliphatic carbocycles. The Balaban J connectivity index is 3.75. The number of rotatable bonds is 14. The Morgan fingerprint density at radius 2 is 1.13 bits per heavy atom. The van der Waals surface area contributed by atoms with E-state index in [0.29, 0.717) is 0 Å². The minimum atomic E-state index is -4.10. The molecule has 1 aliphatic rings. The van der Waals surface area contributed by atoms with Gasteiger partial charge in [-0.25, -0.2) is 0 Å². The number of hydrogen-bond donors (Lipinski definition) is 0. The minimum absolute atomic E-state index is 0.104. The van der Waals surface area contributed by atoms with Gasteiger partial charge in [-0.3, -0.25) is 0 Å². The van der Waals surface area contributed by atoms with Gasteiger partial charge in [0, 0.05) is 0 Å². The van der Waals surface area contributed by atoms with E-state index >= 15 is 0 Å². The Labute approximate surface area is 191 Å². The first-order chi connectivity index (χ1) is 14.3. The van der Waals surface area contributed by atoms with Gasteiger partial charge in [0.05, 0.1) is 0 Å². The summed E-state index contributed by atoms with van der Waals surface area (Å²) in [5.41, 5.74) is 0.141. The SMILES string of the molecule is CCCCC1(CCCC)CC[CH2][Sn]([O]C(C)=O)([O]C(C)=O)[C]1(CCCC)CCCC. The summed E-state index contributed by atoms with van der Waals surface area (Å²) in [5.74, 6) is -0.489. The van der Waals surface area contributed by atoms with Crippen molar-refractivity contribution in [3.8, 4) is 0 Å². The summed E-state index contributed by atoms with van der Waals surface area (Å²) in [6.07, 6.45) is 15.9. The van der Waals surface area contributed by atoms with Gasteiger partial charge in [-0.05, 0) is 0 Å². The van der Waals surface area contributed by atoms with Gasteiger partial charge in [0.25, 0.3) is 0 Å². The second-order valence-electron chi connectivity index (χ2n) is 9.57. The third-order valence-electron chi connectivity index (χ3n) is 7.45. The molecule has 1 heterocycles. The Bertz CT molecular complexity index is 499. The van der Waals surface area contributed by atoms with Gasteiger partial charge < -0.3 is 0 Å². The van der Waals surface area contributed by atoms with Gasteiger partial charge in [-0.2, -0.15) is 0 Å². The summed E-state index contributed by atoms with van der Waals surface area (Å²) < 4.78 is 13.4. The molecule has 0 aromatic rings. The number of unbranched alkanes of at least 4 members (excludes halogenated alkanes) is 4. The Morgan fingerprint density at radius 3 is 1.50 bits per heavy atom. The summed E-state index contributed by atoms with van der Waals surface area (Å²) in [4.78, 5) is 24.8. The molecule has 1 rings (SSSR count). The molecule has 0 amide bonds. The monoisotopic (exact) mass is 532 g/mol. The second-order valence-corrected chi connectivity index (χ2v) is 19.2. The Kier molecular flexibility index (Phi) is 12.3. The predicted molar refractivity (Wildman–Crippen MR) is 127 cm³/mol. The van der Waals surface area contributed by atoms with Crippen LogP contribution in [0.1, 0.15) is 131 Å². The molecule has 0 aromatic carbocycles. The van der Waals surface area contributed by atoms with Gasteiger partial charge in [0.15, 0.2) is 0 Å². The van der Waals surface area contributed by atoms with Crippen molar-refractivity contribution >= 4 is 31.1 Å². The van der Waals surface area contributed by atoms with Gasteiger partial charge in [0.1, 0.15) is 0 Å². The van der Waals surface area contributed by atoms with Gasteiger partial charge >= 0.3 is 192 Å². The quantitative estimate of drug-likeness (QED) is 0.214. The third-order valence-corrected chi connectivity index (χ3v) is 21.0. The summed E-state index contributed by atoms with van der Waals surface area (Å²) in [6.45, 7) is 12.0. The molecule has 30 heavy (non-hydrogen) atoms. The predicted octanol–water partition coefficient (Wildman–Crippen LogP) is 7.84. The summed E-state index contributed by atoms with van der Waals surface area (Å²) in [5, 5.41) is 0. The molecular formula is C25H48O4Sn. The van der Waals surface area contributed by atoms with E-state index in [9.17, 15) is 9.59 Å². The van der Waals surface area contributed by atoms with E-state index in [1.54, 1.807) is 0 Å². The first-order valence-electron chi connectivity index (χ1n) is 12.7. The van der Waals surface area contributed by atoms with Crippen LogP contribution in [0, 0.1) is 5.41 Å². The van der Waals surface area contributed by atoms with Crippen LogP contribution >= 0.6 is 0 Å². The molecule has 1 fully saturated rings. The van der Waals surface area contributed by atoms with E-state index in [4.69, 9.17) is 6.15 Å². The van der Waals surface area contributed by atoms with E-state index in [2.05, 4.69) is 27.7 Å². The van der Waals surface area contributed by atoms with Crippen LogP contribution < -0.4 is 0 Å². The molecule has 0 saturated carbocycles. The van der Waals surface area contributed by atoms with Crippen LogP contribution in [0.15, 0.2) is 0 Å².